The number of carbonyl (C=O) groups is 1. The minimum atomic E-state index is -0.444. The fourth-order valence-electron chi connectivity index (χ4n) is 3.45. The van der Waals surface area contributed by atoms with Crippen LogP contribution >= 0.6 is 0 Å². The highest BCUT2D eigenvalue weighted by atomic mass is 16.6. The van der Waals surface area contributed by atoms with Crippen molar-refractivity contribution in [3.05, 3.63) is 35.8 Å². The molecule has 1 saturated heterocycles. The molecule has 0 N–H and O–H groups in total. The zero-order valence-corrected chi connectivity index (χ0v) is 16.9. The van der Waals surface area contributed by atoms with Crippen LogP contribution in [0.15, 0.2) is 24.5 Å². The smallest absolute Gasteiger partial charge is 0.410 e. The van der Waals surface area contributed by atoms with Crippen molar-refractivity contribution in [2.75, 3.05) is 13.1 Å². The molecule has 1 fully saturated rings. The molecule has 1 amide bonds. The standard InChI is InChI=1S/C21H31N3O2/c1-20(2,3)16-9-12-24-17(14-22-18(24)13-16)15-7-10-23(11-8-15)19(25)26-21(4,5)6/h9,12-15H,7-8,10-11H2,1-6H3. The van der Waals surface area contributed by atoms with E-state index >= 15 is 0 Å². The minimum Gasteiger partial charge on any atom is -0.444 e. The van der Waals surface area contributed by atoms with Crippen LogP contribution in [0.3, 0.4) is 0 Å². The number of hydrogen-bond donors (Lipinski definition) is 0. The van der Waals surface area contributed by atoms with Gasteiger partial charge < -0.3 is 14.0 Å². The summed E-state index contributed by atoms with van der Waals surface area (Å²) in [5, 5.41) is 0. The largest absolute Gasteiger partial charge is 0.444 e. The zero-order chi connectivity index (χ0) is 19.1. The summed E-state index contributed by atoms with van der Waals surface area (Å²) in [6.45, 7) is 13.8. The van der Waals surface area contributed by atoms with Gasteiger partial charge in [0.05, 0.1) is 0 Å². The maximum atomic E-state index is 12.2. The van der Waals surface area contributed by atoms with E-state index in [-0.39, 0.29) is 11.5 Å². The number of piperidine rings is 1. The molecule has 1 aliphatic heterocycles. The average Bonchev–Trinajstić information content (AvgIpc) is 2.95. The lowest BCUT2D eigenvalue weighted by molar-refractivity contribution is 0.0204. The minimum absolute atomic E-state index is 0.118. The molecule has 1 aliphatic rings. The fourth-order valence-corrected chi connectivity index (χ4v) is 3.45. The molecule has 5 nitrogen and oxygen atoms in total. The molecule has 26 heavy (non-hydrogen) atoms. The first kappa shape index (κ1) is 18.7. The van der Waals surface area contributed by atoms with Crippen molar-refractivity contribution >= 4 is 11.7 Å². The van der Waals surface area contributed by atoms with E-state index in [0.717, 1.165) is 31.6 Å². The van der Waals surface area contributed by atoms with Crippen molar-refractivity contribution in [1.29, 1.82) is 0 Å². The number of nitrogens with zero attached hydrogens (tertiary/aromatic N) is 3. The third kappa shape index (κ3) is 4.02. The van der Waals surface area contributed by atoms with Crippen LogP contribution in [0.1, 0.15) is 71.6 Å². The van der Waals surface area contributed by atoms with Gasteiger partial charge in [0, 0.05) is 37.1 Å². The molecule has 2 aromatic rings. The Hall–Kier alpha value is -2.04. The third-order valence-electron chi connectivity index (χ3n) is 4.97. The molecule has 3 heterocycles. The van der Waals surface area contributed by atoms with Crippen LogP contribution in [0, 0.1) is 0 Å². The van der Waals surface area contributed by atoms with Gasteiger partial charge in [0.15, 0.2) is 0 Å². The van der Waals surface area contributed by atoms with Crippen LogP contribution in [-0.4, -0.2) is 39.1 Å². The fraction of sp³-hybridized carbons (Fsp3) is 0.619. The summed E-state index contributed by atoms with van der Waals surface area (Å²) in [6.07, 6.45) is 5.81. The summed E-state index contributed by atoms with van der Waals surface area (Å²) in [6, 6.07) is 4.37. The van der Waals surface area contributed by atoms with Gasteiger partial charge in [-0.3, -0.25) is 0 Å². The second kappa shape index (κ2) is 6.60. The predicted octanol–water partition coefficient (Wildman–Crippen LogP) is 4.75. The molecular formula is C21H31N3O2. The average molecular weight is 357 g/mol. The second-order valence-corrected chi connectivity index (χ2v) is 9.32. The van der Waals surface area contributed by atoms with E-state index < -0.39 is 5.60 Å². The van der Waals surface area contributed by atoms with Crippen molar-refractivity contribution in [2.45, 2.75) is 71.3 Å². The van der Waals surface area contributed by atoms with E-state index in [1.807, 2.05) is 31.9 Å². The molecule has 2 aromatic heterocycles. The molecule has 0 aromatic carbocycles. The van der Waals surface area contributed by atoms with Gasteiger partial charge >= 0.3 is 6.09 Å². The highest BCUT2D eigenvalue weighted by molar-refractivity contribution is 5.68. The van der Waals surface area contributed by atoms with Crippen LogP contribution in [0.2, 0.25) is 0 Å². The monoisotopic (exact) mass is 357 g/mol. The Morgan fingerprint density at radius 3 is 2.38 bits per heavy atom. The quantitative estimate of drug-likeness (QED) is 0.740. The summed E-state index contributed by atoms with van der Waals surface area (Å²) in [5.74, 6) is 0.421. The normalized spacial score (nSPS) is 16.9. The lowest BCUT2D eigenvalue weighted by atomic mass is 9.88. The zero-order valence-electron chi connectivity index (χ0n) is 16.9. The molecule has 3 rings (SSSR count). The summed E-state index contributed by atoms with van der Waals surface area (Å²) in [5.41, 5.74) is 3.21. The van der Waals surface area contributed by atoms with E-state index in [4.69, 9.17) is 4.74 Å². The topological polar surface area (TPSA) is 46.8 Å². The Balaban J connectivity index is 1.71. The van der Waals surface area contributed by atoms with Crippen molar-refractivity contribution in [1.82, 2.24) is 14.3 Å². The van der Waals surface area contributed by atoms with E-state index in [9.17, 15) is 4.79 Å². The van der Waals surface area contributed by atoms with Crippen LogP contribution in [0.4, 0.5) is 4.79 Å². The van der Waals surface area contributed by atoms with Gasteiger partial charge in [-0.25, -0.2) is 9.78 Å². The van der Waals surface area contributed by atoms with Gasteiger partial charge in [-0.2, -0.15) is 0 Å². The summed E-state index contributed by atoms with van der Waals surface area (Å²) < 4.78 is 7.69. The number of aromatic nitrogens is 2. The Morgan fingerprint density at radius 1 is 1.15 bits per heavy atom. The first-order valence-electron chi connectivity index (χ1n) is 9.50. The van der Waals surface area contributed by atoms with Crippen molar-refractivity contribution < 1.29 is 9.53 Å². The number of ether oxygens (including phenoxy) is 1. The SMILES string of the molecule is CC(C)(C)OC(=O)N1CCC(c2cnc3cc(C(C)(C)C)ccn23)CC1. The van der Waals surface area contributed by atoms with Gasteiger partial charge in [-0.15, -0.1) is 0 Å². The second-order valence-electron chi connectivity index (χ2n) is 9.32. The summed E-state index contributed by atoms with van der Waals surface area (Å²) in [4.78, 5) is 18.7. The summed E-state index contributed by atoms with van der Waals surface area (Å²) in [7, 11) is 0. The first-order valence-corrected chi connectivity index (χ1v) is 9.50. The van der Waals surface area contributed by atoms with Crippen molar-refractivity contribution in [3.8, 4) is 0 Å². The number of carbonyl (C=O) groups excluding carboxylic acids is 1. The van der Waals surface area contributed by atoms with Crippen LogP contribution in [0.5, 0.6) is 0 Å². The molecule has 0 radical (unpaired) electrons. The highest BCUT2D eigenvalue weighted by Gasteiger charge is 2.28. The van der Waals surface area contributed by atoms with E-state index in [0.29, 0.717) is 5.92 Å². The molecular weight excluding hydrogens is 326 g/mol. The maximum Gasteiger partial charge on any atom is 0.410 e. The van der Waals surface area contributed by atoms with E-state index in [2.05, 4.69) is 48.5 Å². The molecule has 0 saturated carbocycles. The van der Waals surface area contributed by atoms with Gasteiger partial charge in [-0.05, 0) is 56.7 Å². The van der Waals surface area contributed by atoms with Crippen LogP contribution < -0.4 is 0 Å². The number of likely N-dealkylation sites (tertiary alicyclic amines) is 1. The van der Waals surface area contributed by atoms with Gasteiger partial charge in [0.1, 0.15) is 11.2 Å². The number of amides is 1. The number of rotatable bonds is 1. The number of hydrogen-bond acceptors (Lipinski definition) is 3. The van der Waals surface area contributed by atoms with Crippen LogP contribution in [0.25, 0.3) is 5.65 Å². The molecule has 0 spiro atoms. The summed E-state index contributed by atoms with van der Waals surface area (Å²) >= 11 is 0. The number of pyridine rings is 1. The van der Waals surface area contributed by atoms with Crippen LogP contribution in [-0.2, 0) is 10.2 Å². The maximum absolute atomic E-state index is 12.2. The van der Waals surface area contributed by atoms with Gasteiger partial charge in [0.25, 0.3) is 0 Å². The first-order chi connectivity index (χ1) is 12.0. The molecule has 5 heteroatoms. The molecule has 142 valence electrons. The lowest BCUT2D eigenvalue weighted by Gasteiger charge is -2.33. The number of fused-ring (bicyclic) bond motifs is 1. The van der Waals surface area contributed by atoms with Gasteiger partial charge in [-0.1, -0.05) is 20.8 Å². The molecule has 0 bridgehead atoms. The van der Waals surface area contributed by atoms with Crippen molar-refractivity contribution in [2.24, 2.45) is 0 Å². The number of imidazole rings is 1. The molecule has 0 atom stereocenters. The van der Waals surface area contributed by atoms with Gasteiger partial charge in [0.2, 0.25) is 0 Å². The third-order valence-corrected chi connectivity index (χ3v) is 4.97. The molecule has 0 unspecified atom stereocenters. The van der Waals surface area contributed by atoms with Crippen molar-refractivity contribution in [3.63, 3.8) is 0 Å². The Labute approximate surface area is 156 Å². The van der Waals surface area contributed by atoms with E-state index in [1.54, 1.807) is 0 Å². The Morgan fingerprint density at radius 2 is 1.81 bits per heavy atom. The lowest BCUT2D eigenvalue weighted by Crippen LogP contribution is -2.41. The van der Waals surface area contributed by atoms with E-state index in [1.165, 1.54) is 11.3 Å². The molecule has 0 aliphatic carbocycles. The Bertz CT molecular complexity index is 788. The Kier molecular flexibility index (Phi) is 4.76. The highest BCUT2D eigenvalue weighted by Crippen LogP contribution is 2.30. The predicted molar refractivity (Wildman–Crippen MR) is 104 cm³/mol.